The van der Waals surface area contributed by atoms with Crippen molar-refractivity contribution in [2.45, 2.75) is 13.8 Å². The number of nitrogens with two attached hydrogens (primary N) is 1. The maximum atomic E-state index is 12.8. The molecule has 1 aromatic heterocycles. The molecule has 1 fully saturated rings. The lowest BCUT2D eigenvalue weighted by Crippen LogP contribution is -2.36. The number of amides is 1. The van der Waals surface area contributed by atoms with E-state index in [1.54, 1.807) is 23.0 Å². The van der Waals surface area contributed by atoms with Gasteiger partial charge in [-0.1, -0.05) is 13.8 Å². The van der Waals surface area contributed by atoms with Gasteiger partial charge in [-0.05, 0) is 60.7 Å². The molecule has 4 aromatic rings. The largest absolute Gasteiger partial charge is 0.397 e. The normalized spacial score (nSPS) is 13.8. The molecule has 1 aliphatic heterocycles. The van der Waals surface area contributed by atoms with Gasteiger partial charge in [-0.25, -0.2) is 4.68 Å². The molecule has 1 amide bonds. The first-order valence-corrected chi connectivity index (χ1v) is 12.1. The van der Waals surface area contributed by atoms with Gasteiger partial charge in [0.15, 0.2) is 5.78 Å². The van der Waals surface area contributed by atoms with Crippen molar-refractivity contribution in [1.82, 2.24) is 9.78 Å². The number of ether oxygens (including phenoxy) is 1. The van der Waals surface area contributed by atoms with Gasteiger partial charge in [0.1, 0.15) is 0 Å². The van der Waals surface area contributed by atoms with Crippen LogP contribution in [-0.2, 0) is 4.74 Å². The van der Waals surface area contributed by atoms with Crippen LogP contribution in [0.1, 0.15) is 34.6 Å². The Hall–Kier alpha value is -4.17. The molecule has 5 rings (SSSR count). The van der Waals surface area contributed by atoms with Gasteiger partial charge in [0.25, 0.3) is 5.91 Å². The van der Waals surface area contributed by atoms with E-state index in [0.717, 1.165) is 42.9 Å². The van der Waals surface area contributed by atoms with E-state index in [4.69, 9.17) is 10.5 Å². The Kier molecular flexibility index (Phi) is 6.43. The third-order valence-corrected chi connectivity index (χ3v) is 6.40. The summed E-state index contributed by atoms with van der Waals surface area (Å²) in [5.41, 5.74) is 11.2. The van der Waals surface area contributed by atoms with Crippen LogP contribution in [0.2, 0.25) is 0 Å². The average molecular weight is 484 g/mol. The second-order valence-electron chi connectivity index (χ2n) is 9.22. The molecule has 2 heterocycles. The summed E-state index contributed by atoms with van der Waals surface area (Å²) in [5, 5.41) is 8.32. The fraction of sp³-hybridized carbons (Fsp3) is 0.250. The van der Waals surface area contributed by atoms with Crippen molar-refractivity contribution >= 4 is 39.7 Å². The van der Waals surface area contributed by atoms with E-state index < -0.39 is 0 Å². The van der Waals surface area contributed by atoms with Crippen LogP contribution >= 0.6 is 0 Å². The molecule has 0 saturated carbocycles. The quantitative estimate of drug-likeness (QED) is 0.308. The first-order chi connectivity index (χ1) is 17.4. The summed E-state index contributed by atoms with van der Waals surface area (Å²) in [7, 11) is 0. The molecule has 1 aliphatic rings. The molecular weight excluding hydrogens is 454 g/mol. The second-order valence-corrected chi connectivity index (χ2v) is 9.22. The Labute approximate surface area is 209 Å². The number of fused-ring (bicyclic) bond motifs is 1. The van der Waals surface area contributed by atoms with E-state index in [1.165, 1.54) is 0 Å². The summed E-state index contributed by atoms with van der Waals surface area (Å²) in [6.45, 7) is 6.87. The zero-order valence-electron chi connectivity index (χ0n) is 20.4. The molecule has 36 heavy (non-hydrogen) atoms. The Balaban J connectivity index is 1.32. The molecule has 0 unspecified atom stereocenters. The molecule has 8 nitrogen and oxygen atoms in total. The fourth-order valence-corrected chi connectivity index (χ4v) is 4.39. The van der Waals surface area contributed by atoms with Crippen LogP contribution in [0, 0.1) is 5.92 Å². The van der Waals surface area contributed by atoms with Crippen molar-refractivity contribution in [3.05, 3.63) is 78.0 Å². The Morgan fingerprint density at radius 3 is 2.39 bits per heavy atom. The van der Waals surface area contributed by atoms with Gasteiger partial charge in [0.2, 0.25) is 0 Å². The van der Waals surface area contributed by atoms with E-state index in [9.17, 15) is 9.59 Å². The van der Waals surface area contributed by atoms with Crippen LogP contribution in [0.3, 0.4) is 0 Å². The van der Waals surface area contributed by atoms with Gasteiger partial charge in [0, 0.05) is 46.9 Å². The number of nitrogen functional groups attached to an aromatic ring is 1. The smallest absolute Gasteiger partial charge is 0.255 e. The molecule has 3 N–H and O–H groups in total. The maximum Gasteiger partial charge on any atom is 0.255 e. The molecule has 0 bridgehead atoms. The van der Waals surface area contributed by atoms with Gasteiger partial charge in [0.05, 0.1) is 36.3 Å². The third kappa shape index (κ3) is 4.67. The van der Waals surface area contributed by atoms with Crippen LogP contribution in [0.5, 0.6) is 0 Å². The lowest BCUT2D eigenvalue weighted by Gasteiger charge is -2.28. The highest BCUT2D eigenvalue weighted by Crippen LogP contribution is 2.27. The zero-order chi connectivity index (χ0) is 25.2. The number of hydrogen-bond donors (Lipinski definition) is 2. The fourth-order valence-electron chi connectivity index (χ4n) is 4.39. The molecule has 1 saturated heterocycles. The van der Waals surface area contributed by atoms with Crippen molar-refractivity contribution in [2.24, 2.45) is 5.92 Å². The SMILES string of the molecule is CC(C)C(=O)c1ccc(-n2ncc3cc(NC(=O)c4ccc(N5CCOCC5)cc4)ccc32)c(N)c1. The van der Waals surface area contributed by atoms with E-state index in [-0.39, 0.29) is 17.6 Å². The van der Waals surface area contributed by atoms with Crippen molar-refractivity contribution in [2.75, 3.05) is 42.3 Å². The predicted molar refractivity (Wildman–Crippen MR) is 142 cm³/mol. The number of anilines is 3. The summed E-state index contributed by atoms with van der Waals surface area (Å²) in [5.74, 6) is -0.225. The summed E-state index contributed by atoms with van der Waals surface area (Å²) >= 11 is 0. The summed E-state index contributed by atoms with van der Waals surface area (Å²) in [6, 6.07) is 18.5. The van der Waals surface area contributed by atoms with Crippen molar-refractivity contribution in [1.29, 1.82) is 0 Å². The lowest BCUT2D eigenvalue weighted by molar-refractivity contribution is 0.0938. The van der Waals surface area contributed by atoms with Crippen molar-refractivity contribution in [3.8, 4) is 5.69 Å². The van der Waals surface area contributed by atoms with Crippen LogP contribution < -0.4 is 16.0 Å². The minimum Gasteiger partial charge on any atom is -0.397 e. The number of nitrogens with one attached hydrogen (secondary N) is 1. The standard InChI is InChI=1S/C28H29N5O3/c1-18(2)27(34)20-5-9-26(24(29)16-20)33-25-10-6-22(15-21(25)17-30-33)31-28(35)19-3-7-23(8-4-19)32-11-13-36-14-12-32/h3-10,15-18H,11-14,29H2,1-2H3,(H,31,35). The highest BCUT2D eigenvalue weighted by Gasteiger charge is 2.16. The summed E-state index contributed by atoms with van der Waals surface area (Å²) < 4.78 is 7.14. The molecule has 0 aliphatic carbocycles. The number of Topliss-reactive ketones (excluding diaryl/α,β-unsaturated/α-hetero) is 1. The molecule has 0 spiro atoms. The van der Waals surface area contributed by atoms with Crippen LogP contribution in [-0.4, -0.2) is 47.8 Å². The number of carbonyl (C=O) groups excluding carboxylic acids is 2. The highest BCUT2D eigenvalue weighted by atomic mass is 16.5. The maximum absolute atomic E-state index is 12.8. The number of rotatable bonds is 6. The minimum absolute atomic E-state index is 0.0506. The number of benzene rings is 3. The van der Waals surface area contributed by atoms with Gasteiger partial charge < -0.3 is 20.7 Å². The molecule has 0 atom stereocenters. The third-order valence-electron chi connectivity index (χ3n) is 6.40. The topological polar surface area (TPSA) is 102 Å². The first-order valence-electron chi connectivity index (χ1n) is 12.1. The van der Waals surface area contributed by atoms with Crippen molar-refractivity contribution < 1.29 is 14.3 Å². The number of ketones is 1. The summed E-state index contributed by atoms with van der Waals surface area (Å²) in [6.07, 6.45) is 1.73. The van der Waals surface area contributed by atoms with Gasteiger partial charge in [-0.2, -0.15) is 5.10 Å². The highest BCUT2D eigenvalue weighted by molar-refractivity contribution is 6.05. The van der Waals surface area contributed by atoms with E-state index >= 15 is 0 Å². The van der Waals surface area contributed by atoms with Gasteiger partial charge in [-0.15, -0.1) is 0 Å². The Morgan fingerprint density at radius 2 is 1.69 bits per heavy atom. The van der Waals surface area contributed by atoms with Gasteiger partial charge >= 0.3 is 0 Å². The zero-order valence-corrected chi connectivity index (χ0v) is 20.4. The van der Waals surface area contributed by atoms with E-state index in [0.29, 0.717) is 28.2 Å². The van der Waals surface area contributed by atoms with Crippen LogP contribution in [0.25, 0.3) is 16.6 Å². The van der Waals surface area contributed by atoms with Gasteiger partial charge in [-0.3, -0.25) is 9.59 Å². The number of aromatic nitrogens is 2. The average Bonchev–Trinajstić information content (AvgIpc) is 3.31. The number of hydrogen-bond acceptors (Lipinski definition) is 6. The molecule has 8 heteroatoms. The predicted octanol–water partition coefficient (Wildman–Crippen LogP) is 4.54. The monoisotopic (exact) mass is 483 g/mol. The van der Waals surface area contributed by atoms with E-state index in [1.807, 2.05) is 62.4 Å². The summed E-state index contributed by atoms with van der Waals surface area (Å²) in [4.78, 5) is 27.4. The van der Waals surface area contributed by atoms with E-state index in [2.05, 4.69) is 15.3 Å². The first kappa shape index (κ1) is 23.6. The Morgan fingerprint density at radius 1 is 0.972 bits per heavy atom. The molecule has 184 valence electrons. The number of carbonyl (C=O) groups is 2. The Bertz CT molecular complexity index is 1420. The number of nitrogens with zero attached hydrogens (tertiary/aromatic N) is 3. The van der Waals surface area contributed by atoms with Crippen molar-refractivity contribution in [3.63, 3.8) is 0 Å². The molecule has 3 aromatic carbocycles. The molecule has 0 radical (unpaired) electrons. The van der Waals surface area contributed by atoms with Crippen LogP contribution in [0.4, 0.5) is 17.1 Å². The molecular formula is C28H29N5O3. The lowest BCUT2D eigenvalue weighted by atomic mass is 10.0. The second kappa shape index (κ2) is 9.83. The van der Waals surface area contributed by atoms with Crippen LogP contribution in [0.15, 0.2) is 66.9 Å². The number of morpholine rings is 1. The minimum atomic E-state index is -0.176.